The van der Waals surface area contributed by atoms with Crippen LogP contribution in [0.3, 0.4) is 0 Å². The molecule has 0 aliphatic carbocycles. The van der Waals surface area contributed by atoms with Crippen LogP contribution in [0.25, 0.3) is 0 Å². The van der Waals surface area contributed by atoms with Gasteiger partial charge in [0.25, 0.3) is 0 Å². The zero-order valence-corrected chi connectivity index (χ0v) is 11.8. The van der Waals surface area contributed by atoms with Gasteiger partial charge < -0.3 is 14.2 Å². The summed E-state index contributed by atoms with van der Waals surface area (Å²) >= 11 is 0. The van der Waals surface area contributed by atoms with E-state index in [2.05, 4.69) is 24.0 Å². The third-order valence-corrected chi connectivity index (χ3v) is 4.20. The average molecular weight is 263 g/mol. The van der Waals surface area contributed by atoms with Gasteiger partial charge in [0.1, 0.15) is 0 Å². The lowest BCUT2D eigenvalue weighted by molar-refractivity contribution is -0.0837. The van der Waals surface area contributed by atoms with Crippen molar-refractivity contribution < 1.29 is 14.2 Å². The van der Waals surface area contributed by atoms with E-state index in [4.69, 9.17) is 14.2 Å². The molecule has 1 fully saturated rings. The van der Waals surface area contributed by atoms with E-state index >= 15 is 0 Å². The number of fused-ring (bicyclic) bond motifs is 3. The summed E-state index contributed by atoms with van der Waals surface area (Å²) in [5.41, 5.74) is 2.76. The Morgan fingerprint density at radius 3 is 2.68 bits per heavy atom. The molecule has 1 aromatic rings. The lowest BCUT2D eigenvalue weighted by Crippen LogP contribution is -2.45. The Morgan fingerprint density at radius 1 is 1.21 bits per heavy atom. The van der Waals surface area contributed by atoms with Crippen molar-refractivity contribution in [3.05, 3.63) is 23.3 Å². The second-order valence-corrected chi connectivity index (χ2v) is 5.39. The lowest BCUT2D eigenvalue weighted by Gasteiger charge is -2.44. The monoisotopic (exact) mass is 263 g/mol. The smallest absolute Gasteiger partial charge is 0.161 e. The summed E-state index contributed by atoms with van der Waals surface area (Å²) < 4.78 is 16.5. The number of benzene rings is 1. The molecule has 2 aliphatic rings. The van der Waals surface area contributed by atoms with Crippen molar-refractivity contribution in [3.8, 4) is 11.5 Å². The summed E-state index contributed by atoms with van der Waals surface area (Å²) in [5, 5.41) is 0. The molecule has 19 heavy (non-hydrogen) atoms. The first-order valence-corrected chi connectivity index (χ1v) is 6.81. The minimum atomic E-state index is 0.442. The standard InChI is InChI=1S/C15H21NO3/c1-10-8-19-9-16-5-4-11-6-13(17-2)14(18-3)7-12(11)15(10)16/h6-7,10,15H,4-5,8-9H2,1-3H3/t10-,15+/m1/s1. The van der Waals surface area contributed by atoms with Crippen LogP contribution in [-0.4, -0.2) is 39.0 Å². The number of rotatable bonds is 2. The maximum absolute atomic E-state index is 5.64. The highest BCUT2D eigenvalue weighted by Crippen LogP contribution is 2.42. The van der Waals surface area contributed by atoms with Gasteiger partial charge in [0, 0.05) is 12.6 Å². The minimum absolute atomic E-state index is 0.442. The molecule has 0 unspecified atom stereocenters. The summed E-state index contributed by atoms with van der Waals surface area (Å²) in [4.78, 5) is 2.42. The van der Waals surface area contributed by atoms with Crippen LogP contribution < -0.4 is 9.47 Å². The molecule has 0 saturated carbocycles. The van der Waals surface area contributed by atoms with Crippen molar-refractivity contribution >= 4 is 0 Å². The number of hydrogen-bond donors (Lipinski definition) is 0. The number of nitrogens with zero attached hydrogens (tertiary/aromatic N) is 1. The molecule has 2 aliphatic heterocycles. The molecule has 1 saturated heterocycles. The highest BCUT2D eigenvalue weighted by molar-refractivity contribution is 5.49. The Hall–Kier alpha value is -1.26. The third kappa shape index (κ3) is 2.09. The maximum atomic E-state index is 5.64. The fraction of sp³-hybridized carbons (Fsp3) is 0.600. The van der Waals surface area contributed by atoms with Crippen LogP contribution in [-0.2, 0) is 11.2 Å². The van der Waals surface area contributed by atoms with Gasteiger partial charge in [0.2, 0.25) is 0 Å². The number of hydrogen-bond acceptors (Lipinski definition) is 4. The highest BCUT2D eigenvalue weighted by atomic mass is 16.5. The molecule has 0 aromatic heterocycles. The molecule has 0 N–H and O–H groups in total. The Balaban J connectivity index is 2.05. The molecule has 0 spiro atoms. The van der Waals surface area contributed by atoms with E-state index in [1.54, 1.807) is 14.2 Å². The van der Waals surface area contributed by atoms with Crippen molar-refractivity contribution in [2.24, 2.45) is 5.92 Å². The van der Waals surface area contributed by atoms with E-state index < -0.39 is 0 Å². The Morgan fingerprint density at radius 2 is 1.95 bits per heavy atom. The summed E-state index contributed by atoms with van der Waals surface area (Å²) in [7, 11) is 3.38. The van der Waals surface area contributed by atoms with E-state index in [1.807, 2.05) is 0 Å². The Bertz CT molecular complexity index is 475. The molecule has 104 valence electrons. The summed E-state index contributed by atoms with van der Waals surface area (Å²) in [6.07, 6.45) is 1.04. The van der Waals surface area contributed by atoms with Crippen molar-refractivity contribution in [2.75, 3.05) is 34.1 Å². The first-order valence-electron chi connectivity index (χ1n) is 6.81. The molecular formula is C15H21NO3. The van der Waals surface area contributed by atoms with E-state index in [0.717, 1.165) is 37.8 Å². The first-order chi connectivity index (χ1) is 9.24. The van der Waals surface area contributed by atoms with Gasteiger partial charge >= 0.3 is 0 Å². The van der Waals surface area contributed by atoms with Gasteiger partial charge in [-0.25, -0.2) is 0 Å². The van der Waals surface area contributed by atoms with Crippen LogP contribution in [0.15, 0.2) is 12.1 Å². The van der Waals surface area contributed by atoms with Gasteiger partial charge in [-0.1, -0.05) is 6.92 Å². The molecule has 0 bridgehead atoms. The predicted molar refractivity (Wildman–Crippen MR) is 72.7 cm³/mol. The maximum Gasteiger partial charge on any atom is 0.161 e. The molecular weight excluding hydrogens is 242 g/mol. The van der Waals surface area contributed by atoms with Crippen LogP contribution in [0.2, 0.25) is 0 Å². The van der Waals surface area contributed by atoms with Crippen molar-refractivity contribution in [3.63, 3.8) is 0 Å². The fourth-order valence-corrected chi connectivity index (χ4v) is 3.29. The van der Waals surface area contributed by atoms with E-state index in [0.29, 0.717) is 12.0 Å². The molecule has 2 heterocycles. The zero-order valence-electron chi connectivity index (χ0n) is 11.8. The summed E-state index contributed by atoms with van der Waals surface area (Å²) in [6, 6.07) is 4.72. The van der Waals surface area contributed by atoms with Gasteiger partial charge in [0.05, 0.1) is 27.6 Å². The predicted octanol–water partition coefficient (Wildman–Crippen LogP) is 2.23. The summed E-state index contributed by atoms with van der Waals surface area (Å²) in [6.45, 7) is 4.87. The normalized spacial score (nSPS) is 26.5. The quantitative estimate of drug-likeness (QED) is 0.818. The SMILES string of the molecule is COc1cc2c(cc1OC)[C@@H]1[C@H](C)COCN1CC2. The third-order valence-electron chi connectivity index (χ3n) is 4.20. The fourth-order valence-electron chi connectivity index (χ4n) is 3.29. The van der Waals surface area contributed by atoms with Crippen LogP contribution in [0.1, 0.15) is 24.1 Å². The van der Waals surface area contributed by atoms with Gasteiger partial charge in [-0.3, -0.25) is 4.90 Å². The lowest BCUT2D eigenvalue weighted by atomic mass is 9.85. The molecule has 4 heteroatoms. The number of ether oxygens (including phenoxy) is 3. The first kappa shape index (κ1) is 12.8. The van der Waals surface area contributed by atoms with Crippen molar-refractivity contribution in [2.45, 2.75) is 19.4 Å². The van der Waals surface area contributed by atoms with Crippen LogP contribution in [0.5, 0.6) is 11.5 Å². The van der Waals surface area contributed by atoms with E-state index in [-0.39, 0.29) is 0 Å². The molecule has 0 radical (unpaired) electrons. The van der Waals surface area contributed by atoms with Gasteiger partial charge in [-0.05, 0) is 35.6 Å². The van der Waals surface area contributed by atoms with E-state index in [1.165, 1.54) is 11.1 Å². The summed E-state index contributed by atoms with van der Waals surface area (Å²) in [5.74, 6) is 2.15. The molecule has 2 atom stereocenters. The van der Waals surface area contributed by atoms with Crippen LogP contribution >= 0.6 is 0 Å². The zero-order chi connectivity index (χ0) is 13.4. The molecule has 0 amide bonds. The highest BCUT2D eigenvalue weighted by Gasteiger charge is 2.35. The minimum Gasteiger partial charge on any atom is -0.493 e. The largest absolute Gasteiger partial charge is 0.493 e. The molecule has 3 rings (SSSR count). The second-order valence-electron chi connectivity index (χ2n) is 5.39. The van der Waals surface area contributed by atoms with Crippen LogP contribution in [0, 0.1) is 5.92 Å². The average Bonchev–Trinajstić information content (AvgIpc) is 2.45. The van der Waals surface area contributed by atoms with E-state index in [9.17, 15) is 0 Å². The Labute approximate surface area is 114 Å². The van der Waals surface area contributed by atoms with Crippen LogP contribution in [0.4, 0.5) is 0 Å². The topological polar surface area (TPSA) is 30.9 Å². The molecule has 1 aromatic carbocycles. The number of methoxy groups -OCH3 is 2. The van der Waals surface area contributed by atoms with Gasteiger partial charge in [-0.15, -0.1) is 0 Å². The van der Waals surface area contributed by atoms with Gasteiger partial charge in [0.15, 0.2) is 11.5 Å². The van der Waals surface area contributed by atoms with Gasteiger partial charge in [-0.2, -0.15) is 0 Å². The second kappa shape index (κ2) is 5.02. The Kier molecular flexibility index (Phi) is 3.37. The van der Waals surface area contributed by atoms with Crippen molar-refractivity contribution in [1.82, 2.24) is 4.90 Å². The molecule has 4 nitrogen and oxygen atoms in total. The van der Waals surface area contributed by atoms with Crippen molar-refractivity contribution in [1.29, 1.82) is 0 Å².